The van der Waals surface area contributed by atoms with Gasteiger partial charge in [0.1, 0.15) is 5.69 Å². The minimum Gasteiger partial charge on any atom is -0.377 e. The van der Waals surface area contributed by atoms with Gasteiger partial charge in [0.2, 0.25) is 0 Å². The maximum absolute atomic E-state index is 12.5. The van der Waals surface area contributed by atoms with Gasteiger partial charge in [-0.25, -0.2) is 0 Å². The van der Waals surface area contributed by atoms with Crippen molar-refractivity contribution in [2.75, 3.05) is 18.5 Å². The third kappa shape index (κ3) is 3.38. The van der Waals surface area contributed by atoms with Crippen LogP contribution in [-0.4, -0.2) is 24.2 Å². The van der Waals surface area contributed by atoms with Crippen molar-refractivity contribution in [2.45, 2.75) is 25.1 Å². The molecule has 0 amide bonds. The number of alkyl halides is 3. The lowest BCUT2D eigenvalue weighted by Crippen LogP contribution is -2.19. The molecule has 1 aromatic rings. The van der Waals surface area contributed by atoms with Crippen molar-refractivity contribution in [1.82, 2.24) is 0 Å². The first kappa shape index (κ1) is 14.6. The Morgan fingerprint density at radius 1 is 1.45 bits per heavy atom. The summed E-state index contributed by atoms with van der Waals surface area (Å²) in [5.41, 5.74) is -1.55. The monoisotopic (exact) mass is 290 g/mol. The lowest BCUT2D eigenvalue weighted by molar-refractivity contribution is -0.384. The summed E-state index contributed by atoms with van der Waals surface area (Å²) in [4.78, 5) is 10.0. The Labute approximate surface area is 112 Å². The molecule has 0 unspecified atom stereocenters. The van der Waals surface area contributed by atoms with Crippen LogP contribution in [0.1, 0.15) is 18.4 Å². The van der Waals surface area contributed by atoms with Gasteiger partial charge in [-0.15, -0.1) is 0 Å². The fraction of sp³-hybridized carbons (Fsp3) is 0.500. The van der Waals surface area contributed by atoms with E-state index < -0.39 is 22.4 Å². The Kier molecular flexibility index (Phi) is 4.12. The SMILES string of the molecule is O=[N+]([O-])c1cc(C(F)(F)F)ccc1NC[C@@H]1CCCO1. The predicted molar refractivity (Wildman–Crippen MR) is 65.6 cm³/mol. The Hall–Kier alpha value is -1.83. The van der Waals surface area contributed by atoms with Crippen LogP contribution in [-0.2, 0) is 10.9 Å². The second-order valence-electron chi connectivity index (χ2n) is 4.50. The molecule has 1 aliphatic heterocycles. The Bertz CT molecular complexity index is 499. The summed E-state index contributed by atoms with van der Waals surface area (Å²) in [6.07, 6.45) is -2.90. The molecule has 1 atom stereocenters. The number of halogens is 3. The third-order valence-electron chi connectivity index (χ3n) is 3.07. The van der Waals surface area contributed by atoms with Crippen molar-refractivity contribution in [1.29, 1.82) is 0 Å². The summed E-state index contributed by atoms with van der Waals surface area (Å²) in [5, 5.41) is 13.6. The van der Waals surface area contributed by atoms with Crippen molar-refractivity contribution in [3.63, 3.8) is 0 Å². The molecule has 0 saturated carbocycles. The number of hydrogen-bond acceptors (Lipinski definition) is 4. The Morgan fingerprint density at radius 3 is 2.75 bits per heavy atom. The van der Waals surface area contributed by atoms with Gasteiger partial charge in [-0.05, 0) is 25.0 Å². The van der Waals surface area contributed by atoms with Crippen LogP contribution in [0.25, 0.3) is 0 Å². The van der Waals surface area contributed by atoms with Crippen LogP contribution in [0.5, 0.6) is 0 Å². The summed E-state index contributed by atoms with van der Waals surface area (Å²) < 4.78 is 42.9. The zero-order valence-corrected chi connectivity index (χ0v) is 10.4. The molecule has 1 fully saturated rings. The van der Waals surface area contributed by atoms with E-state index in [0.29, 0.717) is 19.2 Å². The average Bonchev–Trinajstić information content (AvgIpc) is 2.88. The smallest absolute Gasteiger partial charge is 0.377 e. The molecular weight excluding hydrogens is 277 g/mol. The lowest BCUT2D eigenvalue weighted by atomic mass is 10.1. The maximum atomic E-state index is 12.5. The van der Waals surface area contributed by atoms with E-state index in [1.807, 2.05) is 0 Å². The van der Waals surface area contributed by atoms with E-state index in [0.717, 1.165) is 25.0 Å². The number of ether oxygens (including phenoxy) is 1. The lowest BCUT2D eigenvalue weighted by Gasteiger charge is -2.13. The highest BCUT2D eigenvalue weighted by Crippen LogP contribution is 2.35. The van der Waals surface area contributed by atoms with Gasteiger partial charge in [-0.3, -0.25) is 10.1 Å². The molecule has 110 valence electrons. The van der Waals surface area contributed by atoms with Gasteiger partial charge in [-0.1, -0.05) is 0 Å². The van der Waals surface area contributed by atoms with Crippen molar-refractivity contribution >= 4 is 11.4 Å². The number of nitrogens with one attached hydrogen (secondary N) is 1. The summed E-state index contributed by atoms with van der Waals surface area (Å²) in [6, 6.07) is 2.44. The molecule has 1 aromatic carbocycles. The predicted octanol–water partition coefficient (Wildman–Crippen LogP) is 3.20. The molecule has 0 radical (unpaired) electrons. The van der Waals surface area contributed by atoms with E-state index in [1.165, 1.54) is 0 Å². The Balaban J connectivity index is 2.17. The Morgan fingerprint density at radius 2 is 2.20 bits per heavy atom. The zero-order valence-electron chi connectivity index (χ0n) is 10.4. The van der Waals surface area contributed by atoms with E-state index in [9.17, 15) is 23.3 Å². The van der Waals surface area contributed by atoms with Crippen LogP contribution in [0.2, 0.25) is 0 Å². The number of nitro benzene ring substituents is 1. The molecule has 20 heavy (non-hydrogen) atoms. The molecule has 0 aromatic heterocycles. The summed E-state index contributed by atoms with van der Waals surface area (Å²) in [5.74, 6) is 0. The number of rotatable bonds is 4. The van der Waals surface area contributed by atoms with Gasteiger partial charge in [0, 0.05) is 19.2 Å². The van der Waals surface area contributed by atoms with Gasteiger partial charge < -0.3 is 10.1 Å². The average molecular weight is 290 g/mol. The standard InChI is InChI=1S/C12H13F3N2O3/c13-12(14,15)8-3-4-10(11(6-8)17(18)19)16-7-9-2-1-5-20-9/h3-4,6,9,16H,1-2,5,7H2/t9-/m0/s1. The van der Waals surface area contributed by atoms with Crippen LogP contribution in [0.3, 0.4) is 0 Å². The molecule has 1 heterocycles. The van der Waals surface area contributed by atoms with Crippen molar-refractivity contribution in [2.24, 2.45) is 0 Å². The molecular formula is C12H13F3N2O3. The quantitative estimate of drug-likeness (QED) is 0.683. The highest BCUT2D eigenvalue weighted by atomic mass is 19.4. The fourth-order valence-electron chi connectivity index (χ4n) is 2.04. The largest absolute Gasteiger partial charge is 0.416 e. The van der Waals surface area contributed by atoms with E-state index in [-0.39, 0.29) is 11.8 Å². The molecule has 1 aliphatic rings. The van der Waals surface area contributed by atoms with Crippen LogP contribution in [0, 0.1) is 10.1 Å². The normalized spacial score (nSPS) is 19.1. The topological polar surface area (TPSA) is 64.4 Å². The molecule has 8 heteroatoms. The highest BCUT2D eigenvalue weighted by molar-refractivity contribution is 5.63. The molecule has 5 nitrogen and oxygen atoms in total. The molecule has 1 saturated heterocycles. The van der Waals surface area contributed by atoms with Gasteiger partial charge in [-0.2, -0.15) is 13.2 Å². The van der Waals surface area contributed by atoms with Gasteiger partial charge in [0.15, 0.2) is 0 Å². The molecule has 0 aliphatic carbocycles. The van der Waals surface area contributed by atoms with Crippen LogP contribution in [0.15, 0.2) is 18.2 Å². The minimum absolute atomic E-state index is 0.0584. The van der Waals surface area contributed by atoms with Crippen LogP contribution >= 0.6 is 0 Å². The van der Waals surface area contributed by atoms with Gasteiger partial charge >= 0.3 is 6.18 Å². The fourth-order valence-corrected chi connectivity index (χ4v) is 2.04. The minimum atomic E-state index is -4.60. The third-order valence-corrected chi connectivity index (χ3v) is 3.07. The summed E-state index contributed by atoms with van der Waals surface area (Å²) in [7, 11) is 0. The van der Waals surface area contributed by atoms with Crippen molar-refractivity contribution < 1.29 is 22.8 Å². The van der Waals surface area contributed by atoms with Crippen molar-refractivity contribution in [3.8, 4) is 0 Å². The summed E-state index contributed by atoms with van der Waals surface area (Å²) in [6.45, 7) is 0.980. The van der Waals surface area contributed by atoms with E-state index in [2.05, 4.69) is 5.32 Å². The first-order valence-electron chi connectivity index (χ1n) is 6.09. The van der Waals surface area contributed by atoms with Gasteiger partial charge in [0.05, 0.1) is 16.6 Å². The van der Waals surface area contributed by atoms with E-state index in [4.69, 9.17) is 4.74 Å². The molecule has 0 spiro atoms. The molecule has 1 N–H and O–H groups in total. The van der Waals surface area contributed by atoms with Crippen LogP contribution in [0.4, 0.5) is 24.5 Å². The van der Waals surface area contributed by atoms with Crippen molar-refractivity contribution in [3.05, 3.63) is 33.9 Å². The number of hydrogen-bond donors (Lipinski definition) is 1. The molecule has 0 bridgehead atoms. The van der Waals surface area contributed by atoms with Gasteiger partial charge in [0.25, 0.3) is 5.69 Å². The maximum Gasteiger partial charge on any atom is 0.416 e. The number of benzene rings is 1. The number of nitrogens with zero attached hydrogens (tertiary/aromatic N) is 1. The second-order valence-corrected chi connectivity index (χ2v) is 4.50. The number of nitro groups is 1. The number of anilines is 1. The van der Waals surface area contributed by atoms with E-state index in [1.54, 1.807) is 0 Å². The molecule has 2 rings (SSSR count). The zero-order chi connectivity index (χ0) is 14.8. The first-order valence-corrected chi connectivity index (χ1v) is 6.09. The summed E-state index contributed by atoms with van der Waals surface area (Å²) >= 11 is 0. The highest BCUT2D eigenvalue weighted by Gasteiger charge is 2.33. The second kappa shape index (κ2) is 5.66. The first-order chi connectivity index (χ1) is 9.38. The van der Waals surface area contributed by atoms with Crippen LogP contribution < -0.4 is 5.32 Å². The van der Waals surface area contributed by atoms with E-state index >= 15 is 0 Å².